The standard InChI is InChI=1S/C16H29N5/c1-15-7-3-4-12-21(15)14-9-19-16(17-2)18-8-13-20-10-5-6-11-20/h5-6,10-11,15H,3-4,7-9,12-14H2,1-2H3,(H2,17,18,19). The SMILES string of the molecule is CN=C(NCCN1CCCCC1C)NCCn1cccc1. The van der Waals surface area contributed by atoms with Crippen molar-refractivity contribution < 1.29 is 0 Å². The lowest BCUT2D eigenvalue weighted by atomic mass is 10.0. The minimum absolute atomic E-state index is 0.726. The molecule has 5 nitrogen and oxygen atoms in total. The molecule has 0 spiro atoms. The normalized spacial score (nSPS) is 20.5. The van der Waals surface area contributed by atoms with Crippen molar-refractivity contribution in [2.24, 2.45) is 4.99 Å². The van der Waals surface area contributed by atoms with Gasteiger partial charge in [0.05, 0.1) is 0 Å². The fourth-order valence-electron chi connectivity index (χ4n) is 2.85. The molecule has 1 aliphatic heterocycles. The summed E-state index contributed by atoms with van der Waals surface area (Å²) in [6.45, 7) is 7.46. The first-order chi connectivity index (χ1) is 10.3. The molecule has 1 aromatic rings. The summed E-state index contributed by atoms with van der Waals surface area (Å²) in [5.41, 5.74) is 0. The van der Waals surface area contributed by atoms with Crippen LogP contribution in [0, 0.1) is 0 Å². The summed E-state index contributed by atoms with van der Waals surface area (Å²) in [4.78, 5) is 6.85. The van der Waals surface area contributed by atoms with E-state index in [1.165, 1.54) is 25.8 Å². The van der Waals surface area contributed by atoms with E-state index in [1.54, 1.807) is 0 Å². The van der Waals surface area contributed by atoms with Gasteiger partial charge in [-0.15, -0.1) is 0 Å². The Labute approximate surface area is 128 Å². The van der Waals surface area contributed by atoms with Crippen LogP contribution in [0.3, 0.4) is 0 Å². The van der Waals surface area contributed by atoms with E-state index in [0.29, 0.717) is 0 Å². The number of hydrogen-bond acceptors (Lipinski definition) is 2. The molecule has 1 aromatic heterocycles. The number of rotatable bonds is 6. The second-order valence-corrected chi connectivity index (χ2v) is 5.73. The molecule has 0 radical (unpaired) electrons. The second kappa shape index (κ2) is 8.72. The van der Waals surface area contributed by atoms with E-state index in [9.17, 15) is 0 Å². The van der Waals surface area contributed by atoms with Gasteiger partial charge in [0.1, 0.15) is 0 Å². The van der Waals surface area contributed by atoms with Gasteiger partial charge in [-0.2, -0.15) is 0 Å². The highest BCUT2D eigenvalue weighted by atomic mass is 15.2. The smallest absolute Gasteiger partial charge is 0.191 e. The van der Waals surface area contributed by atoms with Crippen molar-refractivity contribution in [3.8, 4) is 0 Å². The molecular weight excluding hydrogens is 262 g/mol. The Morgan fingerprint density at radius 3 is 2.52 bits per heavy atom. The van der Waals surface area contributed by atoms with Crippen LogP contribution in [0.15, 0.2) is 29.5 Å². The van der Waals surface area contributed by atoms with Crippen molar-refractivity contribution in [1.29, 1.82) is 0 Å². The lowest BCUT2D eigenvalue weighted by Gasteiger charge is -2.33. The van der Waals surface area contributed by atoms with Crippen molar-refractivity contribution in [1.82, 2.24) is 20.1 Å². The second-order valence-electron chi connectivity index (χ2n) is 5.73. The van der Waals surface area contributed by atoms with Crippen LogP contribution in [0.1, 0.15) is 26.2 Å². The summed E-state index contributed by atoms with van der Waals surface area (Å²) in [6, 6.07) is 4.82. The van der Waals surface area contributed by atoms with Gasteiger partial charge in [-0.3, -0.25) is 9.89 Å². The molecule has 1 saturated heterocycles. The molecule has 118 valence electrons. The molecular formula is C16H29N5. The molecule has 0 amide bonds. The summed E-state index contributed by atoms with van der Waals surface area (Å²) < 4.78 is 2.16. The van der Waals surface area contributed by atoms with Crippen molar-refractivity contribution in [3.05, 3.63) is 24.5 Å². The van der Waals surface area contributed by atoms with Crippen LogP contribution in [0.2, 0.25) is 0 Å². The van der Waals surface area contributed by atoms with E-state index < -0.39 is 0 Å². The third-order valence-electron chi connectivity index (χ3n) is 4.18. The fourth-order valence-corrected chi connectivity index (χ4v) is 2.85. The van der Waals surface area contributed by atoms with Gasteiger partial charge in [-0.05, 0) is 38.4 Å². The summed E-state index contributed by atoms with van der Waals surface area (Å²) in [7, 11) is 1.83. The number of guanidine groups is 1. The molecule has 1 unspecified atom stereocenters. The van der Waals surface area contributed by atoms with Crippen LogP contribution in [0.25, 0.3) is 0 Å². The number of nitrogens with zero attached hydrogens (tertiary/aromatic N) is 3. The molecule has 1 aliphatic rings. The maximum atomic E-state index is 4.28. The Hall–Kier alpha value is -1.49. The van der Waals surface area contributed by atoms with E-state index in [-0.39, 0.29) is 0 Å². The number of aromatic nitrogens is 1. The quantitative estimate of drug-likeness (QED) is 0.617. The average Bonchev–Trinajstić information content (AvgIpc) is 3.01. The molecule has 21 heavy (non-hydrogen) atoms. The first-order valence-corrected chi connectivity index (χ1v) is 8.09. The van der Waals surface area contributed by atoms with Crippen LogP contribution < -0.4 is 10.6 Å². The van der Waals surface area contributed by atoms with Crippen LogP contribution >= 0.6 is 0 Å². The molecule has 1 atom stereocenters. The van der Waals surface area contributed by atoms with E-state index in [1.807, 2.05) is 19.2 Å². The topological polar surface area (TPSA) is 44.6 Å². The Kier molecular flexibility index (Phi) is 6.60. The summed E-state index contributed by atoms with van der Waals surface area (Å²) in [6.07, 6.45) is 8.22. The fraction of sp³-hybridized carbons (Fsp3) is 0.688. The highest BCUT2D eigenvalue weighted by Crippen LogP contribution is 2.15. The number of piperidine rings is 1. The predicted octanol–water partition coefficient (Wildman–Crippen LogP) is 1.53. The van der Waals surface area contributed by atoms with E-state index in [2.05, 4.69) is 44.4 Å². The number of nitrogens with one attached hydrogen (secondary N) is 2. The number of hydrogen-bond donors (Lipinski definition) is 2. The first-order valence-electron chi connectivity index (χ1n) is 8.09. The Bertz CT molecular complexity index is 412. The first kappa shape index (κ1) is 15.9. The minimum Gasteiger partial charge on any atom is -0.355 e. The maximum Gasteiger partial charge on any atom is 0.191 e. The predicted molar refractivity (Wildman–Crippen MR) is 88.7 cm³/mol. The summed E-state index contributed by atoms with van der Waals surface area (Å²) >= 11 is 0. The van der Waals surface area contributed by atoms with Gasteiger partial charge in [0, 0.05) is 51.7 Å². The van der Waals surface area contributed by atoms with Gasteiger partial charge in [0.2, 0.25) is 0 Å². The molecule has 0 bridgehead atoms. The highest BCUT2D eigenvalue weighted by Gasteiger charge is 2.17. The van der Waals surface area contributed by atoms with Gasteiger partial charge in [-0.25, -0.2) is 0 Å². The zero-order valence-electron chi connectivity index (χ0n) is 13.4. The van der Waals surface area contributed by atoms with E-state index >= 15 is 0 Å². The number of aliphatic imine (C=N–C) groups is 1. The molecule has 5 heteroatoms. The minimum atomic E-state index is 0.726. The van der Waals surface area contributed by atoms with Gasteiger partial charge < -0.3 is 15.2 Å². The molecule has 0 saturated carbocycles. The average molecular weight is 291 g/mol. The molecule has 2 heterocycles. The van der Waals surface area contributed by atoms with Crippen LogP contribution in [-0.4, -0.2) is 54.7 Å². The third-order valence-corrected chi connectivity index (χ3v) is 4.18. The maximum absolute atomic E-state index is 4.28. The lowest BCUT2D eigenvalue weighted by molar-refractivity contribution is 0.163. The van der Waals surface area contributed by atoms with Crippen LogP contribution in [0.4, 0.5) is 0 Å². The Balaban J connectivity index is 1.61. The molecule has 2 rings (SSSR count). The van der Waals surface area contributed by atoms with E-state index in [0.717, 1.165) is 38.2 Å². The molecule has 0 aliphatic carbocycles. The van der Waals surface area contributed by atoms with E-state index in [4.69, 9.17) is 0 Å². The number of likely N-dealkylation sites (tertiary alicyclic amines) is 1. The molecule has 2 N–H and O–H groups in total. The van der Waals surface area contributed by atoms with Crippen LogP contribution in [-0.2, 0) is 6.54 Å². The Morgan fingerprint density at radius 1 is 1.14 bits per heavy atom. The van der Waals surface area contributed by atoms with Gasteiger partial charge in [0.15, 0.2) is 5.96 Å². The summed E-state index contributed by atoms with van der Waals surface area (Å²) in [5, 5.41) is 6.76. The summed E-state index contributed by atoms with van der Waals surface area (Å²) in [5.74, 6) is 0.895. The van der Waals surface area contributed by atoms with Gasteiger partial charge in [-0.1, -0.05) is 6.42 Å². The van der Waals surface area contributed by atoms with Crippen molar-refractivity contribution in [2.75, 3.05) is 33.2 Å². The lowest BCUT2D eigenvalue weighted by Crippen LogP contribution is -2.45. The monoisotopic (exact) mass is 291 g/mol. The van der Waals surface area contributed by atoms with Crippen molar-refractivity contribution in [2.45, 2.75) is 38.8 Å². The van der Waals surface area contributed by atoms with Gasteiger partial charge >= 0.3 is 0 Å². The zero-order chi connectivity index (χ0) is 14.9. The highest BCUT2D eigenvalue weighted by molar-refractivity contribution is 5.79. The Morgan fingerprint density at radius 2 is 1.86 bits per heavy atom. The van der Waals surface area contributed by atoms with Crippen molar-refractivity contribution in [3.63, 3.8) is 0 Å². The molecule has 1 fully saturated rings. The van der Waals surface area contributed by atoms with Crippen molar-refractivity contribution >= 4 is 5.96 Å². The largest absolute Gasteiger partial charge is 0.355 e. The zero-order valence-corrected chi connectivity index (χ0v) is 13.4. The van der Waals surface area contributed by atoms with Crippen LogP contribution in [0.5, 0.6) is 0 Å². The van der Waals surface area contributed by atoms with Gasteiger partial charge in [0.25, 0.3) is 0 Å². The third kappa shape index (κ3) is 5.42. The molecule has 0 aromatic carbocycles.